The number of hydrogen-bond acceptors (Lipinski definition) is 2. The van der Waals surface area contributed by atoms with Crippen molar-refractivity contribution in [3.63, 3.8) is 0 Å². The number of ketones is 1. The van der Waals surface area contributed by atoms with Crippen molar-refractivity contribution < 1.29 is 13.9 Å². The van der Waals surface area contributed by atoms with E-state index in [1.165, 1.54) is 12.1 Å². The molecule has 4 rings (SSSR count). The minimum absolute atomic E-state index is 0.121. The van der Waals surface area contributed by atoms with Gasteiger partial charge in [-0.3, -0.25) is 4.79 Å². The summed E-state index contributed by atoms with van der Waals surface area (Å²) >= 11 is 0. The molecule has 0 unspecified atom stereocenters. The molecule has 98 valence electrons. The first-order chi connectivity index (χ1) is 9.74. The molecule has 2 aromatic carbocycles. The highest BCUT2D eigenvalue weighted by Gasteiger charge is 2.25. The lowest BCUT2D eigenvalue weighted by molar-refractivity contribution is 0.103. The molecular formula is C16H10FNO2. The van der Waals surface area contributed by atoms with Gasteiger partial charge in [0.2, 0.25) is 5.78 Å². The summed E-state index contributed by atoms with van der Waals surface area (Å²) in [6.07, 6.45) is 0. The van der Waals surface area contributed by atoms with E-state index in [-0.39, 0.29) is 18.2 Å². The van der Waals surface area contributed by atoms with Crippen molar-refractivity contribution >= 4 is 16.7 Å². The summed E-state index contributed by atoms with van der Waals surface area (Å²) in [5.41, 5.74) is 2.46. The standard InChI is InChI=1S/C16H10FNO2/c17-9-5-6-13-11(7-9)12-8-20-14-4-2-1-3-10(14)16(19)15(12)18-13/h1-7,18H,8H2. The Morgan fingerprint density at radius 2 is 2.00 bits per heavy atom. The second-order valence-corrected chi connectivity index (χ2v) is 4.78. The van der Waals surface area contributed by atoms with Gasteiger partial charge in [0, 0.05) is 16.5 Å². The minimum atomic E-state index is -0.325. The van der Waals surface area contributed by atoms with E-state index in [4.69, 9.17) is 4.74 Å². The van der Waals surface area contributed by atoms with Crippen LogP contribution >= 0.6 is 0 Å². The molecule has 0 radical (unpaired) electrons. The van der Waals surface area contributed by atoms with Crippen molar-refractivity contribution in [1.82, 2.24) is 4.98 Å². The Hall–Kier alpha value is -2.62. The Morgan fingerprint density at radius 1 is 1.15 bits per heavy atom. The quantitative estimate of drug-likeness (QED) is 0.678. The first kappa shape index (κ1) is 11.2. The largest absolute Gasteiger partial charge is 0.488 e. The monoisotopic (exact) mass is 267 g/mol. The van der Waals surface area contributed by atoms with E-state index in [0.717, 1.165) is 5.52 Å². The van der Waals surface area contributed by atoms with Crippen LogP contribution in [-0.4, -0.2) is 10.8 Å². The van der Waals surface area contributed by atoms with Gasteiger partial charge in [0.15, 0.2) is 0 Å². The highest BCUT2D eigenvalue weighted by atomic mass is 19.1. The lowest BCUT2D eigenvalue weighted by Crippen LogP contribution is -2.02. The Bertz CT molecular complexity index is 851. The van der Waals surface area contributed by atoms with Crippen molar-refractivity contribution in [2.24, 2.45) is 0 Å². The summed E-state index contributed by atoms with van der Waals surface area (Å²) in [6, 6.07) is 11.6. The van der Waals surface area contributed by atoms with Crippen molar-refractivity contribution in [3.8, 4) is 5.75 Å². The Labute approximate surface area is 114 Å². The molecule has 1 aliphatic heterocycles. The number of benzene rings is 2. The van der Waals surface area contributed by atoms with Gasteiger partial charge in [0.05, 0.1) is 11.3 Å². The van der Waals surface area contributed by atoms with Gasteiger partial charge in [-0.2, -0.15) is 0 Å². The SMILES string of the molecule is O=C1c2ccccc2OCc2c1[nH]c1ccc(F)cc21. The predicted molar refractivity (Wildman–Crippen MR) is 72.5 cm³/mol. The highest BCUT2D eigenvalue weighted by molar-refractivity contribution is 6.13. The average Bonchev–Trinajstić information content (AvgIpc) is 2.76. The van der Waals surface area contributed by atoms with Crippen LogP contribution in [0.1, 0.15) is 21.6 Å². The summed E-state index contributed by atoms with van der Waals surface area (Å²) in [6.45, 7) is 0.252. The molecule has 4 heteroatoms. The molecule has 0 aliphatic carbocycles. The fourth-order valence-electron chi connectivity index (χ4n) is 2.63. The van der Waals surface area contributed by atoms with Crippen LogP contribution in [0.4, 0.5) is 4.39 Å². The molecule has 20 heavy (non-hydrogen) atoms. The van der Waals surface area contributed by atoms with E-state index < -0.39 is 0 Å². The van der Waals surface area contributed by atoms with E-state index in [1.807, 2.05) is 6.07 Å². The van der Waals surface area contributed by atoms with Crippen LogP contribution in [0.25, 0.3) is 10.9 Å². The summed E-state index contributed by atoms with van der Waals surface area (Å²) in [5.74, 6) is 0.116. The molecule has 3 nitrogen and oxygen atoms in total. The maximum Gasteiger partial charge on any atom is 0.213 e. The minimum Gasteiger partial charge on any atom is -0.488 e. The van der Waals surface area contributed by atoms with Gasteiger partial charge in [-0.25, -0.2) is 4.39 Å². The summed E-state index contributed by atoms with van der Waals surface area (Å²) < 4.78 is 19.1. The van der Waals surface area contributed by atoms with Gasteiger partial charge in [0.1, 0.15) is 18.2 Å². The maximum absolute atomic E-state index is 13.4. The number of nitrogens with one attached hydrogen (secondary N) is 1. The predicted octanol–water partition coefficient (Wildman–Crippen LogP) is 3.43. The van der Waals surface area contributed by atoms with Crippen LogP contribution in [0.3, 0.4) is 0 Å². The molecule has 0 atom stereocenters. The fraction of sp³-hybridized carbons (Fsp3) is 0.0625. The number of fused-ring (bicyclic) bond motifs is 4. The Kier molecular flexibility index (Phi) is 2.21. The Balaban J connectivity index is 2.00. The van der Waals surface area contributed by atoms with E-state index >= 15 is 0 Å². The van der Waals surface area contributed by atoms with Crippen molar-refractivity contribution in [2.45, 2.75) is 6.61 Å². The molecule has 1 aromatic heterocycles. The van der Waals surface area contributed by atoms with Crippen LogP contribution in [0.5, 0.6) is 5.75 Å². The van der Waals surface area contributed by atoms with Crippen LogP contribution < -0.4 is 4.74 Å². The van der Waals surface area contributed by atoms with Gasteiger partial charge in [0.25, 0.3) is 0 Å². The van der Waals surface area contributed by atoms with Crippen LogP contribution in [0.15, 0.2) is 42.5 Å². The number of halogens is 1. The summed E-state index contributed by atoms with van der Waals surface area (Å²) in [5, 5.41) is 0.696. The molecule has 0 spiro atoms. The topological polar surface area (TPSA) is 42.1 Å². The normalized spacial score (nSPS) is 13.6. The maximum atomic E-state index is 13.4. The fourth-order valence-corrected chi connectivity index (χ4v) is 2.63. The number of para-hydroxylation sites is 1. The number of aromatic nitrogens is 1. The smallest absolute Gasteiger partial charge is 0.213 e. The van der Waals surface area contributed by atoms with Crippen molar-refractivity contribution in [1.29, 1.82) is 0 Å². The van der Waals surface area contributed by atoms with Gasteiger partial charge >= 0.3 is 0 Å². The van der Waals surface area contributed by atoms with E-state index in [2.05, 4.69) is 4.98 Å². The Morgan fingerprint density at radius 3 is 2.90 bits per heavy atom. The van der Waals surface area contributed by atoms with Crippen molar-refractivity contribution in [2.75, 3.05) is 0 Å². The van der Waals surface area contributed by atoms with Crippen LogP contribution in [0, 0.1) is 5.82 Å². The van der Waals surface area contributed by atoms with E-state index in [1.54, 1.807) is 24.3 Å². The van der Waals surface area contributed by atoms with Gasteiger partial charge in [-0.1, -0.05) is 12.1 Å². The molecule has 1 aliphatic rings. The molecule has 2 heterocycles. The van der Waals surface area contributed by atoms with Gasteiger partial charge in [-0.15, -0.1) is 0 Å². The zero-order valence-electron chi connectivity index (χ0n) is 10.4. The van der Waals surface area contributed by atoms with Crippen LogP contribution in [-0.2, 0) is 6.61 Å². The zero-order valence-corrected chi connectivity index (χ0v) is 10.4. The second-order valence-electron chi connectivity index (χ2n) is 4.78. The van der Waals surface area contributed by atoms with E-state index in [9.17, 15) is 9.18 Å². The van der Waals surface area contributed by atoms with Crippen molar-refractivity contribution in [3.05, 3.63) is 65.1 Å². The summed E-state index contributed by atoms with van der Waals surface area (Å²) in [4.78, 5) is 15.7. The first-order valence-corrected chi connectivity index (χ1v) is 6.30. The number of carbonyl (C=O) groups excluding carboxylic acids is 1. The second kappa shape index (κ2) is 3.93. The van der Waals surface area contributed by atoms with E-state index in [0.29, 0.717) is 28.0 Å². The number of hydrogen-bond donors (Lipinski definition) is 1. The molecule has 1 N–H and O–H groups in total. The molecule has 0 saturated heterocycles. The molecule has 0 saturated carbocycles. The molecular weight excluding hydrogens is 257 g/mol. The third-order valence-corrected chi connectivity index (χ3v) is 3.60. The van der Waals surface area contributed by atoms with Crippen LogP contribution in [0.2, 0.25) is 0 Å². The number of carbonyl (C=O) groups is 1. The number of H-pyrrole nitrogens is 1. The number of ether oxygens (including phenoxy) is 1. The number of aromatic amines is 1. The lowest BCUT2D eigenvalue weighted by Gasteiger charge is -2.05. The first-order valence-electron chi connectivity index (χ1n) is 6.30. The van der Waals surface area contributed by atoms with Gasteiger partial charge in [-0.05, 0) is 30.3 Å². The zero-order chi connectivity index (χ0) is 13.7. The third-order valence-electron chi connectivity index (χ3n) is 3.60. The molecule has 3 aromatic rings. The molecule has 0 bridgehead atoms. The highest BCUT2D eigenvalue weighted by Crippen LogP contribution is 2.32. The van der Waals surface area contributed by atoms with Gasteiger partial charge < -0.3 is 9.72 Å². The third kappa shape index (κ3) is 1.48. The molecule has 0 fully saturated rings. The number of rotatable bonds is 0. The lowest BCUT2D eigenvalue weighted by atomic mass is 10.0. The average molecular weight is 267 g/mol. The summed E-state index contributed by atoms with van der Waals surface area (Å²) in [7, 11) is 0. The molecule has 0 amide bonds.